The molecule has 0 N–H and O–H groups in total. The van der Waals surface area contributed by atoms with Crippen LogP contribution in [0.25, 0.3) is 0 Å². The summed E-state index contributed by atoms with van der Waals surface area (Å²) in [6.07, 6.45) is 5.95. The number of Topliss-reactive ketones (excluding diaryl/α,β-unsaturated/α-hetero) is 1. The molecule has 4 unspecified atom stereocenters. The van der Waals surface area contributed by atoms with Gasteiger partial charge in [-0.25, -0.2) is 0 Å². The highest BCUT2D eigenvalue weighted by molar-refractivity contribution is 6.00. The number of carbonyl (C=O) groups excluding carboxylic acids is 2. The van der Waals surface area contributed by atoms with Crippen molar-refractivity contribution in [1.29, 1.82) is 0 Å². The smallest absolute Gasteiger partial charge is 0.310 e. The van der Waals surface area contributed by atoms with Crippen LogP contribution in [0.4, 0.5) is 0 Å². The van der Waals surface area contributed by atoms with E-state index in [1.54, 1.807) is 6.92 Å². The molecule has 2 saturated carbocycles. The standard InChI is InChI=1S/C15H18O4/c1-2-18-13(17)11-7-14-5-3-4-9(14)6-10(11)12(16)15(14)8-19-15/h6,10-11H,2-5,7-8H2,1H3. The van der Waals surface area contributed by atoms with E-state index in [1.165, 1.54) is 5.57 Å². The van der Waals surface area contributed by atoms with Crippen molar-refractivity contribution in [2.75, 3.05) is 13.2 Å². The Labute approximate surface area is 112 Å². The molecule has 4 heteroatoms. The lowest BCUT2D eigenvalue weighted by molar-refractivity contribution is -0.160. The summed E-state index contributed by atoms with van der Waals surface area (Å²) < 4.78 is 10.8. The number of ether oxygens (including phenoxy) is 2. The van der Waals surface area contributed by atoms with Gasteiger partial charge in [0.1, 0.15) is 0 Å². The van der Waals surface area contributed by atoms with Crippen molar-refractivity contribution >= 4 is 11.8 Å². The first-order valence-corrected chi connectivity index (χ1v) is 7.21. The van der Waals surface area contributed by atoms with E-state index in [9.17, 15) is 9.59 Å². The zero-order valence-electron chi connectivity index (χ0n) is 11.1. The van der Waals surface area contributed by atoms with Crippen molar-refractivity contribution in [3.05, 3.63) is 11.6 Å². The van der Waals surface area contributed by atoms with Gasteiger partial charge in [-0.2, -0.15) is 0 Å². The molecule has 3 fully saturated rings. The lowest BCUT2D eigenvalue weighted by Crippen LogP contribution is -2.58. The summed E-state index contributed by atoms with van der Waals surface area (Å²) in [5, 5.41) is 0. The van der Waals surface area contributed by atoms with Crippen LogP contribution in [0.3, 0.4) is 0 Å². The van der Waals surface area contributed by atoms with Gasteiger partial charge in [0.05, 0.1) is 25.0 Å². The quantitative estimate of drug-likeness (QED) is 0.431. The highest BCUT2D eigenvalue weighted by Gasteiger charge is 2.75. The molecule has 0 aromatic rings. The maximum atomic E-state index is 12.7. The Morgan fingerprint density at radius 3 is 3.05 bits per heavy atom. The molecular formula is C15H18O4. The summed E-state index contributed by atoms with van der Waals surface area (Å²) >= 11 is 0. The summed E-state index contributed by atoms with van der Waals surface area (Å²) in [6.45, 7) is 2.73. The van der Waals surface area contributed by atoms with Crippen molar-refractivity contribution in [3.8, 4) is 0 Å². The molecule has 102 valence electrons. The van der Waals surface area contributed by atoms with Gasteiger partial charge in [-0.05, 0) is 32.6 Å². The van der Waals surface area contributed by atoms with Gasteiger partial charge >= 0.3 is 5.97 Å². The second-order valence-corrected chi connectivity index (χ2v) is 6.20. The normalized spacial score (nSPS) is 46.2. The van der Waals surface area contributed by atoms with Crippen molar-refractivity contribution in [2.24, 2.45) is 17.3 Å². The third kappa shape index (κ3) is 1.19. The molecule has 0 aromatic carbocycles. The molecule has 4 aliphatic carbocycles. The Kier molecular flexibility index (Phi) is 2.13. The Bertz CT molecular complexity index is 502. The van der Waals surface area contributed by atoms with Crippen LogP contribution in [0.2, 0.25) is 0 Å². The third-order valence-electron chi connectivity index (χ3n) is 5.54. The van der Waals surface area contributed by atoms with Gasteiger partial charge in [0.25, 0.3) is 0 Å². The number of fused-ring (bicyclic) bond motifs is 1. The molecule has 5 rings (SSSR count). The molecule has 0 aromatic heterocycles. The number of hydrogen-bond donors (Lipinski definition) is 0. The van der Waals surface area contributed by atoms with Gasteiger partial charge in [0.2, 0.25) is 0 Å². The second kappa shape index (κ2) is 3.48. The number of allylic oxidation sites excluding steroid dienone is 1. The van der Waals surface area contributed by atoms with Crippen molar-refractivity contribution in [3.63, 3.8) is 0 Å². The lowest BCUT2D eigenvalue weighted by atomic mass is 9.51. The van der Waals surface area contributed by atoms with E-state index in [2.05, 4.69) is 6.08 Å². The predicted molar refractivity (Wildman–Crippen MR) is 66.3 cm³/mol. The highest BCUT2D eigenvalue weighted by Crippen LogP contribution is 2.68. The molecule has 19 heavy (non-hydrogen) atoms. The van der Waals surface area contributed by atoms with Gasteiger partial charge in [0, 0.05) is 5.41 Å². The Hall–Kier alpha value is -1.16. The molecule has 1 saturated heterocycles. The average Bonchev–Trinajstić information content (AvgIpc) is 3.09. The average molecular weight is 262 g/mol. The Morgan fingerprint density at radius 1 is 1.58 bits per heavy atom. The minimum absolute atomic E-state index is 0.127. The Morgan fingerprint density at radius 2 is 2.37 bits per heavy atom. The van der Waals surface area contributed by atoms with E-state index in [0.29, 0.717) is 13.2 Å². The van der Waals surface area contributed by atoms with Crippen LogP contribution < -0.4 is 0 Å². The molecule has 4 nitrogen and oxygen atoms in total. The van der Waals surface area contributed by atoms with Crippen LogP contribution in [0, 0.1) is 17.3 Å². The molecule has 1 heterocycles. The van der Waals surface area contributed by atoms with Crippen LogP contribution in [0.5, 0.6) is 0 Å². The number of epoxide rings is 1. The van der Waals surface area contributed by atoms with Crippen LogP contribution in [-0.2, 0) is 19.1 Å². The van der Waals surface area contributed by atoms with E-state index in [4.69, 9.17) is 9.47 Å². The molecule has 0 amide bonds. The molecule has 1 aliphatic heterocycles. The SMILES string of the molecule is CCOC(=O)C1CC23CCCC2=CC1C(=O)C31CO1. The van der Waals surface area contributed by atoms with Gasteiger partial charge in [0.15, 0.2) is 11.4 Å². The first-order valence-electron chi connectivity index (χ1n) is 7.21. The summed E-state index contributed by atoms with van der Waals surface area (Å²) in [7, 11) is 0. The largest absolute Gasteiger partial charge is 0.466 e. The van der Waals surface area contributed by atoms with E-state index in [-0.39, 0.29) is 29.0 Å². The van der Waals surface area contributed by atoms with Crippen LogP contribution in [0.15, 0.2) is 11.6 Å². The van der Waals surface area contributed by atoms with Crippen molar-refractivity contribution in [1.82, 2.24) is 0 Å². The number of esters is 1. The highest BCUT2D eigenvalue weighted by atomic mass is 16.6. The fourth-order valence-corrected chi connectivity index (χ4v) is 4.65. The molecule has 4 atom stereocenters. The Balaban J connectivity index is 1.77. The van der Waals surface area contributed by atoms with Gasteiger partial charge in [-0.15, -0.1) is 0 Å². The minimum Gasteiger partial charge on any atom is -0.466 e. The zero-order chi connectivity index (χ0) is 13.3. The second-order valence-electron chi connectivity index (χ2n) is 6.20. The summed E-state index contributed by atoms with van der Waals surface area (Å²) in [4.78, 5) is 24.8. The van der Waals surface area contributed by atoms with Gasteiger partial charge in [-0.3, -0.25) is 9.59 Å². The van der Waals surface area contributed by atoms with E-state index < -0.39 is 5.60 Å². The van der Waals surface area contributed by atoms with E-state index >= 15 is 0 Å². The van der Waals surface area contributed by atoms with Crippen LogP contribution in [0.1, 0.15) is 32.6 Å². The van der Waals surface area contributed by atoms with E-state index in [1.807, 2.05) is 0 Å². The number of hydrogen-bond acceptors (Lipinski definition) is 4. The molecular weight excluding hydrogens is 244 g/mol. The molecule has 2 bridgehead atoms. The van der Waals surface area contributed by atoms with Crippen molar-refractivity contribution < 1.29 is 19.1 Å². The maximum absolute atomic E-state index is 12.7. The number of carbonyl (C=O) groups is 2. The van der Waals surface area contributed by atoms with E-state index in [0.717, 1.165) is 25.7 Å². The minimum atomic E-state index is -0.568. The monoisotopic (exact) mass is 262 g/mol. The third-order valence-corrected chi connectivity index (χ3v) is 5.54. The maximum Gasteiger partial charge on any atom is 0.310 e. The lowest BCUT2D eigenvalue weighted by Gasteiger charge is -2.49. The van der Waals surface area contributed by atoms with Gasteiger partial charge in [-0.1, -0.05) is 11.6 Å². The fourth-order valence-electron chi connectivity index (χ4n) is 4.65. The van der Waals surface area contributed by atoms with Crippen LogP contribution in [-0.4, -0.2) is 30.6 Å². The first kappa shape index (κ1) is 11.6. The summed E-state index contributed by atoms with van der Waals surface area (Å²) in [6, 6.07) is 0. The number of ketones is 1. The molecule has 0 radical (unpaired) electrons. The summed E-state index contributed by atoms with van der Waals surface area (Å²) in [5.74, 6) is -0.680. The summed E-state index contributed by atoms with van der Waals surface area (Å²) in [5.41, 5.74) is 0.618. The first-order chi connectivity index (χ1) is 9.14. The molecule has 5 aliphatic rings. The fraction of sp³-hybridized carbons (Fsp3) is 0.733. The molecule has 2 spiro atoms. The number of rotatable bonds is 2. The van der Waals surface area contributed by atoms with Gasteiger partial charge < -0.3 is 9.47 Å². The van der Waals surface area contributed by atoms with Crippen molar-refractivity contribution in [2.45, 2.75) is 38.2 Å². The predicted octanol–water partition coefficient (Wildman–Crippen LogP) is 1.63. The zero-order valence-corrected chi connectivity index (χ0v) is 11.1. The van der Waals surface area contributed by atoms with Crippen LogP contribution >= 0.6 is 0 Å². The topological polar surface area (TPSA) is 55.9 Å².